The van der Waals surface area contributed by atoms with Gasteiger partial charge >= 0.3 is 0 Å². The molecule has 5 nitrogen and oxygen atoms in total. The third-order valence-electron chi connectivity index (χ3n) is 4.39. The van der Waals surface area contributed by atoms with E-state index in [1.807, 2.05) is 12.1 Å². The smallest absolute Gasteiger partial charge is 0.263 e. The monoisotopic (exact) mass is 365 g/mol. The number of rotatable bonds is 6. The molecule has 2 N–H and O–H groups in total. The van der Waals surface area contributed by atoms with E-state index in [2.05, 4.69) is 15.0 Å². The summed E-state index contributed by atoms with van der Waals surface area (Å²) in [6.07, 6.45) is 9.51. The predicted octanol–water partition coefficient (Wildman–Crippen LogP) is 4.33. The fourth-order valence-electron chi connectivity index (χ4n) is 3.03. The number of nitrogens with zero attached hydrogens (tertiary/aromatic N) is 1. The van der Waals surface area contributed by atoms with E-state index in [0.29, 0.717) is 5.13 Å². The molecule has 0 saturated heterocycles. The second-order valence-corrected chi connectivity index (χ2v) is 8.78. The summed E-state index contributed by atoms with van der Waals surface area (Å²) in [5.41, 5.74) is 0.965. The lowest BCUT2D eigenvalue weighted by Gasteiger charge is -2.16. The molecule has 0 aliphatic heterocycles. The Morgan fingerprint density at radius 3 is 2.42 bits per heavy atom. The molecule has 130 valence electrons. The van der Waals surface area contributed by atoms with Crippen molar-refractivity contribution in [2.24, 2.45) is 5.92 Å². The number of thiazole rings is 1. The van der Waals surface area contributed by atoms with Crippen LogP contribution >= 0.6 is 11.3 Å². The lowest BCUT2D eigenvalue weighted by Crippen LogP contribution is -2.14. The van der Waals surface area contributed by atoms with Crippen LogP contribution in [0.25, 0.3) is 0 Å². The summed E-state index contributed by atoms with van der Waals surface area (Å²) in [5, 5.41) is 5.56. The van der Waals surface area contributed by atoms with Gasteiger partial charge in [0, 0.05) is 23.8 Å². The average molecular weight is 366 g/mol. The lowest BCUT2D eigenvalue weighted by atomic mass is 10.0. The van der Waals surface area contributed by atoms with E-state index in [-0.39, 0.29) is 4.90 Å². The van der Waals surface area contributed by atoms with E-state index in [0.717, 1.165) is 18.2 Å². The molecule has 1 aromatic heterocycles. The summed E-state index contributed by atoms with van der Waals surface area (Å²) in [4.78, 5) is 4.20. The van der Waals surface area contributed by atoms with Crippen LogP contribution in [0.2, 0.25) is 0 Å². The molecule has 1 aliphatic carbocycles. The molecule has 1 fully saturated rings. The van der Waals surface area contributed by atoms with Crippen molar-refractivity contribution in [1.82, 2.24) is 4.98 Å². The van der Waals surface area contributed by atoms with Gasteiger partial charge in [-0.2, -0.15) is 0 Å². The summed E-state index contributed by atoms with van der Waals surface area (Å²) < 4.78 is 27.1. The van der Waals surface area contributed by atoms with Crippen LogP contribution in [0.3, 0.4) is 0 Å². The van der Waals surface area contributed by atoms with Crippen LogP contribution < -0.4 is 10.0 Å². The van der Waals surface area contributed by atoms with Crippen molar-refractivity contribution in [2.75, 3.05) is 16.6 Å². The number of hydrogen-bond donors (Lipinski definition) is 2. The molecule has 0 atom stereocenters. The van der Waals surface area contributed by atoms with Gasteiger partial charge in [-0.1, -0.05) is 25.7 Å². The van der Waals surface area contributed by atoms with Crippen molar-refractivity contribution >= 4 is 32.2 Å². The zero-order valence-corrected chi connectivity index (χ0v) is 15.2. The van der Waals surface area contributed by atoms with E-state index in [4.69, 9.17) is 0 Å². The summed E-state index contributed by atoms with van der Waals surface area (Å²) in [5.74, 6) is 0.725. The molecule has 0 radical (unpaired) electrons. The first-order valence-electron chi connectivity index (χ1n) is 8.40. The highest BCUT2D eigenvalue weighted by Crippen LogP contribution is 2.24. The van der Waals surface area contributed by atoms with Crippen LogP contribution in [0, 0.1) is 5.92 Å². The van der Waals surface area contributed by atoms with E-state index < -0.39 is 10.0 Å². The Hall–Kier alpha value is -1.60. The quantitative estimate of drug-likeness (QED) is 0.748. The van der Waals surface area contributed by atoms with Gasteiger partial charge in [-0.25, -0.2) is 13.4 Å². The molecular weight excluding hydrogens is 342 g/mol. The Labute approximate surface area is 147 Å². The maximum Gasteiger partial charge on any atom is 0.263 e. The summed E-state index contributed by atoms with van der Waals surface area (Å²) in [7, 11) is -3.57. The van der Waals surface area contributed by atoms with Crippen LogP contribution in [0.1, 0.15) is 38.5 Å². The number of nitrogens with one attached hydrogen (secondary N) is 2. The topological polar surface area (TPSA) is 71.1 Å². The zero-order valence-electron chi connectivity index (χ0n) is 13.6. The summed E-state index contributed by atoms with van der Waals surface area (Å²) in [6, 6.07) is 6.91. The van der Waals surface area contributed by atoms with Crippen molar-refractivity contribution < 1.29 is 8.42 Å². The Kier molecular flexibility index (Phi) is 5.73. The summed E-state index contributed by atoms with van der Waals surface area (Å²) in [6.45, 7) is 0.962. The second kappa shape index (κ2) is 7.98. The highest BCUT2D eigenvalue weighted by atomic mass is 32.2. The Bertz CT molecular complexity index is 720. The van der Waals surface area contributed by atoms with Gasteiger partial charge in [0.1, 0.15) is 0 Å². The minimum absolute atomic E-state index is 0.248. The first-order chi connectivity index (χ1) is 11.6. The zero-order chi connectivity index (χ0) is 16.8. The van der Waals surface area contributed by atoms with Crippen molar-refractivity contribution in [2.45, 2.75) is 43.4 Å². The van der Waals surface area contributed by atoms with Crippen molar-refractivity contribution in [3.8, 4) is 0 Å². The minimum Gasteiger partial charge on any atom is -0.385 e. The van der Waals surface area contributed by atoms with Gasteiger partial charge in [0.05, 0.1) is 4.90 Å². The number of benzene rings is 1. The molecule has 1 heterocycles. The molecule has 1 saturated carbocycles. The van der Waals surface area contributed by atoms with Crippen molar-refractivity contribution in [3.05, 3.63) is 35.8 Å². The van der Waals surface area contributed by atoms with Gasteiger partial charge in [-0.15, -0.1) is 11.3 Å². The molecular formula is C17H23N3O2S2. The van der Waals surface area contributed by atoms with Crippen LogP contribution in [0.15, 0.2) is 40.7 Å². The molecule has 0 amide bonds. The maximum absolute atomic E-state index is 12.3. The van der Waals surface area contributed by atoms with Crippen LogP contribution in [0.4, 0.5) is 10.8 Å². The first kappa shape index (κ1) is 17.2. The molecule has 2 aromatic rings. The minimum atomic E-state index is -3.57. The van der Waals surface area contributed by atoms with E-state index in [1.165, 1.54) is 49.9 Å². The molecule has 0 bridgehead atoms. The number of aromatic nitrogens is 1. The van der Waals surface area contributed by atoms with E-state index in [9.17, 15) is 8.42 Å². The van der Waals surface area contributed by atoms with Gasteiger partial charge in [0.15, 0.2) is 5.13 Å². The normalized spacial score (nSPS) is 16.5. The third-order valence-corrected chi connectivity index (χ3v) is 6.56. The highest BCUT2D eigenvalue weighted by molar-refractivity contribution is 7.93. The van der Waals surface area contributed by atoms with Crippen LogP contribution in [-0.2, 0) is 10.0 Å². The van der Waals surface area contributed by atoms with Gasteiger partial charge in [0.25, 0.3) is 10.0 Å². The van der Waals surface area contributed by atoms with Crippen LogP contribution in [0.5, 0.6) is 0 Å². The van der Waals surface area contributed by atoms with Crippen molar-refractivity contribution in [3.63, 3.8) is 0 Å². The molecule has 7 heteroatoms. The third kappa shape index (κ3) is 4.70. The second-order valence-electron chi connectivity index (χ2n) is 6.21. The fraction of sp³-hybridized carbons (Fsp3) is 0.471. The summed E-state index contributed by atoms with van der Waals surface area (Å²) >= 11 is 1.26. The Morgan fingerprint density at radius 2 is 1.79 bits per heavy atom. The first-order valence-corrected chi connectivity index (χ1v) is 10.8. The Balaban J connectivity index is 1.58. The van der Waals surface area contributed by atoms with Gasteiger partial charge < -0.3 is 5.32 Å². The Morgan fingerprint density at radius 1 is 1.08 bits per heavy atom. The maximum atomic E-state index is 12.3. The number of anilines is 2. The number of sulfonamides is 1. The van der Waals surface area contributed by atoms with E-state index in [1.54, 1.807) is 23.7 Å². The molecule has 0 unspecified atom stereocenters. The number of hydrogen-bond acceptors (Lipinski definition) is 5. The van der Waals surface area contributed by atoms with Crippen molar-refractivity contribution in [1.29, 1.82) is 0 Å². The van der Waals surface area contributed by atoms with Crippen LogP contribution in [-0.4, -0.2) is 19.9 Å². The standard InChI is InChI=1S/C17H23N3O2S2/c21-24(22,20-17-18-11-12-23-17)16-9-7-15(8-10-16)19-13-14-5-3-1-2-4-6-14/h7-12,14,19H,1-6,13H2,(H,18,20). The molecule has 0 spiro atoms. The fourth-order valence-corrected chi connectivity index (χ4v) is 4.82. The van der Waals surface area contributed by atoms with Gasteiger partial charge in [-0.05, 0) is 43.0 Å². The average Bonchev–Trinajstić information content (AvgIpc) is 2.93. The van der Waals surface area contributed by atoms with Gasteiger partial charge in [-0.3, -0.25) is 4.72 Å². The largest absolute Gasteiger partial charge is 0.385 e. The lowest BCUT2D eigenvalue weighted by molar-refractivity contribution is 0.483. The molecule has 24 heavy (non-hydrogen) atoms. The van der Waals surface area contributed by atoms with Gasteiger partial charge in [0.2, 0.25) is 0 Å². The molecule has 1 aromatic carbocycles. The molecule has 3 rings (SSSR count). The molecule has 1 aliphatic rings. The SMILES string of the molecule is O=S(=O)(Nc1nccs1)c1ccc(NCC2CCCCCC2)cc1. The predicted molar refractivity (Wildman–Crippen MR) is 99.0 cm³/mol. The van der Waals surface area contributed by atoms with E-state index >= 15 is 0 Å². The highest BCUT2D eigenvalue weighted by Gasteiger charge is 2.16.